The molecule has 9 heteroatoms. The summed E-state index contributed by atoms with van der Waals surface area (Å²) < 4.78 is 28.5. The van der Waals surface area contributed by atoms with Gasteiger partial charge < -0.3 is 5.32 Å². The molecule has 0 aliphatic heterocycles. The second-order valence-electron chi connectivity index (χ2n) is 6.30. The van der Waals surface area contributed by atoms with E-state index in [2.05, 4.69) is 10.3 Å². The lowest BCUT2D eigenvalue weighted by Gasteiger charge is -2.07. The van der Waals surface area contributed by atoms with Gasteiger partial charge in [-0.1, -0.05) is 37.0 Å². The van der Waals surface area contributed by atoms with Gasteiger partial charge in [0.1, 0.15) is 17.5 Å². The van der Waals surface area contributed by atoms with Gasteiger partial charge in [-0.25, -0.2) is 13.8 Å². The van der Waals surface area contributed by atoms with E-state index in [1.807, 2.05) is 13.8 Å². The minimum Gasteiger partial charge on any atom is -0.307 e. The average molecular weight is 476 g/mol. The van der Waals surface area contributed by atoms with Gasteiger partial charge in [0.15, 0.2) is 0 Å². The minimum absolute atomic E-state index is 0.0773. The average Bonchev–Trinajstić information content (AvgIpc) is 3.21. The zero-order valence-electron chi connectivity index (χ0n) is 17.0. The largest absolute Gasteiger partial charge is 0.307 e. The van der Waals surface area contributed by atoms with Crippen molar-refractivity contribution in [2.24, 2.45) is 0 Å². The van der Waals surface area contributed by atoms with Crippen molar-refractivity contribution in [3.8, 4) is 0 Å². The summed E-state index contributed by atoms with van der Waals surface area (Å²) in [4.78, 5) is 29.3. The normalized spacial score (nSPS) is 10.4. The van der Waals surface area contributed by atoms with E-state index in [0.29, 0.717) is 11.0 Å². The molecule has 2 aromatic heterocycles. The first-order chi connectivity index (χ1) is 15.3. The predicted octanol–water partition coefficient (Wildman–Crippen LogP) is 6.59. The second kappa shape index (κ2) is 9.89. The summed E-state index contributed by atoms with van der Waals surface area (Å²) in [6.07, 6.45) is 1.49. The molecule has 0 spiro atoms. The number of aromatic nitrogens is 2. The maximum absolute atomic E-state index is 13.7. The lowest BCUT2D eigenvalue weighted by atomic mass is 10.2. The van der Waals surface area contributed by atoms with Gasteiger partial charge in [0, 0.05) is 17.3 Å². The number of fused-ring (bicyclic) bond motifs is 1. The summed E-state index contributed by atoms with van der Waals surface area (Å²) in [5, 5.41) is 2.40. The van der Waals surface area contributed by atoms with E-state index >= 15 is 0 Å². The highest BCUT2D eigenvalue weighted by Crippen LogP contribution is 2.21. The van der Waals surface area contributed by atoms with E-state index in [9.17, 15) is 18.4 Å². The summed E-state index contributed by atoms with van der Waals surface area (Å²) in [6.45, 7) is 4.00. The fourth-order valence-electron chi connectivity index (χ4n) is 2.86. The van der Waals surface area contributed by atoms with E-state index < -0.39 is 23.4 Å². The highest BCUT2D eigenvalue weighted by Gasteiger charge is 2.15. The molecule has 4 aromatic rings. The number of nitrogens with zero attached hydrogens (tertiary/aromatic N) is 2. The van der Waals surface area contributed by atoms with E-state index in [1.54, 1.807) is 12.1 Å². The number of pyridine rings is 1. The third kappa shape index (κ3) is 4.79. The van der Waals surface area contributed by atoms with Gasteiger partial charge in [-0.3, -0.25) is 14.2 Å². The van der Waals surface area contributed by atoms with E-state index in [1.165, 1.54) is 41.1 Å². The Morgan fingerprint density at radius 2 is 1.47 bits per heavy atom. The molecular weight excluding hydrogens is 459 g/mol. The Morgan fingerprint density at radius 3 is 2.09 bits per heavy atom. The Balaban J connectivity index is 0.00000141. The monoisotopic (exact) mass is 475 g/mol. The van der Waals surface area contributed by atoms with Crippen LogP contribution >= 0.6 is 23.2 Å². The molecule has 0 saturated heterocycles. The Labute approximate surface area is 192 Å². The molecule has 0 fully saturated rings. The topological polar surface area (TPSA) is 64.0 Å². The first-order valence-electron chi connectivity index (χ1n) is 9.58. The Hall–Kier alpha value is -3.29. The summed E-state index contributed by atoms with van der Waals surface area (Å²) in [7, 11) is 0. The second-order valence-corrected chi connectivity index (χ2v) is 7.12. The number of rotatable bonds is 3. The number of halogens is 4. The van der Waals surface area contributed by atoms with Crippen molar-refractivity contribution in [3.05, 3.63) is 93.6 Å². The maximum Gasteiger partial charge on any atom is 0.262 e. The number of amides is 1. The number of carbonyl (C=O) groups is 2. The van der Waals surface area contributed by atoms with Crippen molar-refractivity contribution in [2.45, 2.75) is 13.8 Å². The molecule has 0 aliphatic carbocycles. The van der Waals surface area contributed by atoms with Crippen LogP contribution in [0, 0.1) is 11.6 Å². The number of carbonyl (C=O) groups excluding carboxylic acids is 2. The van der Waals surface area contributed by atoms with Crippen LogP contribution in [-0.4, -0.2) is 21.4 Å². The van der Waals surface area contributed by atoms with Crippen LogP contribution in [0.5, 0.6) is 0 Å². The molecule has 0 radical (unpaired) electrons. The van der Waals surface area contributed by atoms with E-state index in [4.69, 9.17) is 23.2 Å². The SMILES string of the molecule is CC.O=C(Nc1ccc2c(ccn2C(=O)c2ccc(Cl)c(F)c2)n1)c1ccc(Cl)c(F)c1. The molecule has 0 atom stereocenters. The summed E-state index contributed by atoms with van der Waals surface area (Å²) in [5.41, 5.74) is 1.09. The van der Waals surface area contributed by atoms with E-state index in [-0.39, 0.29) is 27.0 Å². The molecule has 1 amide bonds. The summed E-state index contributed by atoms with van der Waals surface area (Å²) in [5.74, 6) is -2.21. The van der Waals surface area contributed by atoms with Crippen LogP contribution in [0.4, 0.5) is 14.6 Å². The van der Waals surface area contributed by atoms with Crippen molar-refractivity contribution in [2.75, 3.05) is 5.32 Å². The molecule has 0 saturated carbocycles. The van der Waals surface area contributed by atoms with Crippen LogP contribution in [0.2, 0.25) is 10.0 Å². The summed E-state index contributed by atoms with van der Waals surface area (Å²) >= 11 is 11.3. The van der Waals surface area contributed by atoms with Crippen LogP contribution in [-0.2, 0) is 0 Å². The standard InChI is InChI=1S/C21H11Cl2F2N3O2.C2H6/c22-13-3-1-11(9-15(13)24)20(29)27-19-6-5-18-17(26-19)7-8-28(18)21(30)12-2-4-14(23)16(25)10-12;1-2/h1-10H,(H,26,27,29);1-2H3. The number of hydrogen-bond donors (Lipinski definition) is 1. The highest BCUT2D eigenvalue weighted by atomic mass is 35.5. The number of benzene rings is 2. The van der Waals surface area contributed by atoms with Crippen molar-refractivity contribution in [1.82, 2.24) is 9.55 Å². The number of nitrogens with one attached hydrogen (secondary N) is 1. The van der Waals surface area contributed by atoms with Crippen LogP contribution < -0.4 is 5.32 Å². The molecule has 2 heterocycles. The van der Waals surface area contributed by atoms with Gasteiger partial charge >= 0.3 is 0 Å². The molecule has 1 N–H and O–H groups in total. The Kier molecular flexibility index (Phi) is 7.22. The zero-order chi connectivity index (χ0) is 23.4. The minimum atomic E-state index is -0.707. The molecule has 164 valence electrons. The first kappa shape index (κ1) is 23.4. The molecule has 0 aliphatic rings. The molecular formula is C23H17Cl2F2N3O2. The van der Waals surface area contributed by atoms with E-state index in [0.717, 1.165) is 12.1 Å². The van der Waals surface area contributed by atoms with Crippen LogP contribution in [0.25, 0.3) is 11.0 Å². The molecule has 4 rings (SSSR count). The van der Waals surface area contributed by atoms with Gasteiger partial charge in [-0.05, 0) is 54.6 Å². The predicted molar refractivity (Wildman–Crippen MR) is 122 cm³/mol. The van der Waals surface area contributed by atoms with Crippen LogP contribution in [0.3, 0.4) is 0 Å². The zero-order valence-corrected chi connectivity index (χ0v) is 18.5. The van der Waals surface area contributed by atoms with Crippen molar-refractivity contribution < 1.29 is 18.4 Å². The summed E-state index contributed by atoms with van der Waals surface area (Å²) in [6, 6.07) is 12.2. The number of anilines is 1. The van der Waals surface area contributed by atoms with Crippen LogP contribution in [0.15, 0.2) is 60.8 Å². The highest BCUT2D eigenvalue weighted by molar-refractivity contribution is 6.31. The van der Waals surface area contributed by atoms with Gasteiger partial charge in [0.25, 0.3) is 11.8 Å². The Bertz CT molecular complexity index is 1320. The molecule has 5 nitrogen and oxygen atoms in total. The fraction of sp³-hybridized carbons (Fsp3) is 0.0870. The van der Waals surface area contributed by atoms with Crippen molar-refractivity contribution >= 4 is 51.9 Å². The fourth-order valence-corrected chi connectivity index (χ4v) is 3.10. The Morgan fingerprint density at radius 1 is 0.875 bits per heavy atom. The third-order valence-electron chi connectivity index (χ3n) is 4.35. The van der Waals surface area contributed by atoms with Gasteiger partial charge in [0.05, 0.1) is 21.1 Å². The van der Waals surface area contributed by atoms with Gasteiger partial charge in [-0.2, -0.15) is 0 Å². The lowest BCUT2D eigenvalue weighted by molar-refractivity contribution is 0.0963. The number of hydrogen-bond acceptors (Lipinski definition) is 3. The molecule has 0 bridgehead atoms. The molecule has 2 aromatic carbocycles. The lowest BCUT2D eigenvalue weighted by Crippen LogP contribution is -2.13. The first-order valence-corrected chi connectivity index (χ1v) is 10.3. The molecule has 0 unspecified atom stereocenters. The van der Waals surface area contributed by atoms with Gasteiger partial charge in [-0.15, -0.1) is 0 Å². The molecule has 32 heavy (non-hydrogen) atoms. The van der Waals surface area contributed by atoms with Gasteiger partial charge in [0.2, 0.25) is 0 Å². The quantitative estimate of drug-likeness (QED) is 0.363. The maximum atomic E-state index is 13.7. The third-order valence-corrected chi connectivity index (χ3v) is 4.97. The smallest absolute Gasteiger partial charge is 0.262 e. The van der Waals surface area contributed by atoms with Crippen molar-refractivity contribution in [3.63, 3.8) is 0 Å². The van der Waals surface area contributed by atoms with Crippen LogP contribution in [0.1, 0.15) is 34.6 Å². The van der Waals surface area contributed by atoms with Crippen molar-refractivity contribution in [1.29, 1.82) is 0 Å².